The summed E-state index contributed by atoms with van der Waals surface area (Å²) in [5.41, 5.74) is -12.3. The number of aliphatic carboxylic acids is 1. The molecule has 0 aliphatic carbocycles. The second kappa shape index (κ2) is 18.0. The fraction of sp³-hybridized carbons (Fsp3) is 0.0476. The number of carboxylic acids is 1. The van der Waals surface area contributed by atoms with E-state index >= 15 is 35.1 Å². The third-order valence-electron chi connectivity index (χ3n) is 10.3. The van der Waals surface area contributed by atoms with Crippen LogP contribution in [0.4, 0.5) is 87.8 Å². The molecule has 0 amide bonds. The summed E-state index contributed by atoms with van der Waals surface area (Å²) in [6, 6.07) is 20.0. The number of aromatic nitrogens is 1. The lowest BCUT2D eigenvalue weighted by molar-refractivity contribution is -0.693. The van der Waals surface area contributed by atoms with E-state index in [1.807, 2.05) is 71.4 Å². The standard InChI is InChI=1S/C24BF20.C18H15NO2/c26-5-1(6(27)14(35)21(42)13(5)34)25(2-7(28)15(36)22(43)16(37)8(2)29,3-9(30)17(38)23(44)18(39)10(3)31)4-11(32)19(40)24(45)20(41)12(4)33;20-18(21)12-17-16-9-5-4-8-15(16)10-11-19(17)13-14-6-2-1-3-7-14/h;1-11H,12-13H2/q-1;/p+1. The van der Waals surface area contributed by atoms with Gasteiger partial charge in [0, 0.05) is 17.0 Å². The Hall–Kier alpha value is -7.14. The van der Waals surface area contributed by atoms with Crippen molar-refractivity contribution < 1.29 is 102 Å². The summed E-state index contributed by atoms with van der Waals surface area (Å²) in [7, 11) is 0. The number of benzene rings is 6. The number of nitrogens with zero attached hydrogens (tertiary/aromatic N) is 1. The van der Waals surface area contributed by atoms with Crippen molar-refractivity contribution in [2.75, 3.05) is 0 Å². The van der Waals surface area contributed by atoms with E-state index in [0.717, 1.165) is 22.0 Å². The van der Waals surface area contributed by atoms with Crippen molar-refractivity contribution in [2.24, 2.45) is 0 Å². The molecule has 0 aliphatic heterocycles. The fourth-order valence-corrected chi connectivity index (χ4v) is 7.46. The van der Waals surface area contributed by atoms with Gasteiger partial charge < -0.3 is 5.11 Å². The van der Waals surface area contributed by atoms with Crippen LogP contribution in [0.2, 0.25) is 0 Å². The normalized spacial score (nSPS) is 11.6. The molecule has 0 aliphatic rings. The van der Waals surface area contributed by atoms with E-state index < -0.39 is 150 Å². The predicted molar refractivity (Wildman–Crippen MR) is 190 cm³/mol. The van der Waals surface area contributed by atoms with Crippen molar-refractivity contribution in [3.05, 3.63) is 194 Å². The molecule has 0 bridgehead atoms. The van der Waals surface area contributed by atoms with Gasteiger partial charge in [0.1, 0.15) is 59.1 Å². The van der Waals surface area contributed by atoms with Crippen LogP contribution in [0.25, 0.3) is 10.8 Å². The van der Waals surface area contributed by atoms with Gasteiger partial charge in [0.25, 0.3) is 0 Å². The summed E-state index contributed by atoms with van der Waals surface area (Å²) in [6.45, 7) is 0.675. The largest absolute Gasteiger partial charge is 0.481 e. The molecule has 0 spiro atoms. The summed E-state index contributed by atoms with van der Waals surface area (Å²) < 4.78 is 296. The minimum atomic E-state index is -7.22. The third kappa shape index (κ3) is 7.59. The Bertz CT molecular complexity index is 2750. The van der Waals surface area contributed by atoms with Crippen LogP contribution >= 0.6 is 0 Å². The molecule has 24 heteroatoms. The number of hydrogen-bond donors (Lipinski definition) is 1. The van der Waals surface area contributed by atoms with E-state index in [1.54, 1.807) is 0 Å². The Morgan fingerprint density at radius 1 is 0.394 bits per heavy atom. The summed E-state index contributed by atoms with van der Waals surface area (Å²) in [4.78, 5) is 11.2. The highest BCUT2D eigenvalue weighted by Crippen LogP contribution is 2.31. The molecule has 0 unspecified atom stereocenters. The van der Waals surface area contributed by atoms with Crippen molar-refractivity contribution in [2.45, 2.75) is 13.0 Å². The van der Waals surface area contributed by atoms with Crippen molar-refractivity contribution in [3.63, 3.8) is 0 Å². The van der Waals surface area contributed by atoms with Gasteiger partial charge in [-0.25, -0.2) is 87.8 Å². The van der Waals surface area contributed by atoms with Crippen LogP contribution in [-0.2, 0) is 17.8 Å². The van der Waals surface area contributed by atoms with Gasteiger partial charge in [-0.15, -0.1) is 21.9 Å². The van der Waals surface area contributed by atoms with Crippen LogP contribution in [0.3, 0.4) is 0 Å². The second-order valence-corrected chi connectivity index (χ2v) is 13.8. The molecule has 1 heterocycles. The number of carboxylic acid groups (broad SMARTS) is 1. The number of fused-ring (bicyclic) bond motifs is 1. The maximum absolute atomic E-state index is 15.4. The monoisotopic (exact) mass is 957 g/mol. The Labute approximate surface area is 354 Å². The minimum Gasteiger partial charge on any atom is -0.481 e. The van der Waals surface area contributed by atoms with Crippen molar-refractivity contribution in [1.82, 2.24) is 0 Å². The third-order valence-corrected chi connectivity index (χ3v) is 10.3. The average Bonchev–Trinajstić information content (AvgIpc) is 3.30. The molecule has 3 nitrogen and oxygen atoms in total. The number of halogens is 20. The summed E-state index contributed by atoms with van der Waals surface area (Å²) in [6.07, 6.45) is -5.23. The first-order valence-electron chi connectivity index (χ1n) is 17.8. The number of hydrogen-bond acceptors (Lipinski definition) is 1. The average molecular weight is 957 g/mol. The lowest BCUT2D eigenvalue weighted by Gasteiger charge is -2.44. The molecule has 0 atom stereocenters. The van der Waals surface area contributed by atoms with Gasteiger partial charge in [-0.05, 0) is 11.5 Å². The van der Waals surface area contributed by atoms with E-state index in [-0.39, 0.29) is 6.42 Å². The Morgan fingerprint density at radius 2 is 0.682 bits per heavy atom. The highest BCUT2D eigenvalue weighted by atomic mass is 19.2. The molecule has 0 radical (unpaired) electrons. The molecule has 6 aromatic carbocycles. The molecule has 66 heavy (non-hydrogen) atoms. The van der Waals surface area contributed by atoms with Gasteiger partial charge in [0.15, 0.2) is 82.5 Å². The summed E-state index contributed by atoms with van der Waals surface area (Å²) in [5, 5.41) is 11.3. The van der Waals surface area contributed by atoms with Gasteiger partial charge in [0.05, 0.1) is 0 Å². The van der Waals surface area contributed by atoms with Gasteiger partial charge in [-0.3, -0.25) is 4.79 Å². The van der Waals surface area contributed by atoms with Crippen molar-refractivity contribution in [1.29, 1.82) is 0 Å². The maximum Gasteiger partial charge on any atom is 0.314 e. The SMILES string of the molecule is Fc1c(F)c(F)c([B-](c2c(F)c(F)c(F)c(F)c2F)(c2c(F)c(F)c(F)c(F)c2F)c2c(F)c(F)c(F)c(F)c2F)c(F)c1F.O=C(O)Cc1c2ccccc2cc[n+]1Cc1ccccc1. The molecule has 0 fully saturated rings. The first-order chi connectivity index (χ1) is 30.9. The van der Waals surface area contributed by atoms with Gasteiger partial charge in [0.2, 0.25) is 5.69 Å². The lowest BCUT2D eigenvalue weighted by Crippen LogP contribution is -2.81. The topological polar surface area (TPSA) is 41.2 Å². The molecular weight excluding hydrogens is 941 g/mol. The van der Waals surface area contributed by atoms with Crippen molar-refractivity contribution in [3.8, 4) is 0 Å². The minimum absolute atomic E-state index is 0.0220. The number of rotatable bonds is 8. The molecule has 1 N–H and O–H groups in total. The van der Waals surface area contributed by atoms with Crippen LogP contribution in [0.5, 0.6) is 0 Å². The molecule has 1 aromatic heterocycles. The first-order valence-corrected chi connectivity index (χ1v) is 17.8. The van der Waals surface area contributed by atoms with Crippen LogP contribution in [0.15, 0.2) is 66.9 Å². The van der Waals surface area contributed by atoms with Crippen LogP contribution < -0.4 is 26.4 Å². The van der Waals surface area contributed by atoms with E-state index in [1.165, 1.54) is 0 Å². The predicted octanol–water partition coefficient (Wildman–Crippen LogP) is 8.65. The zero-order valence-electron chi connectivity index (χ0n) is 31.7. The fourth-order valence-electron chi connectivity index (χ4n) is 7.46. The van der Waals surface area contributed by atoms with Gasteiger partial charge >= 0.3 is 5.97 Å². The lowest BCUT2D eigenvalue weighted by atomic mass is 9.12. The summed E-state index contributed by atoms with van der Waals surface area (Å²) >= 11 is 0. The molecule has 0 saturated heterocycles. The van der Waals surface area contributed by atoms with Crippen LogP contribution in [0.1, 0.15) is 11.3 Å². The molecule has 7 rings (SSSR count). The van der Waals surface area contributed by atoms with Gasteiger partial charge in [-0.2, -0.15) is 4.57 Å². The Morgan fingerprint density at radius 3 is 1.00 bits per heavy atom. The number of pyridine rings is 1. The van der Waals surface area contributed by atoms with E-state index in [9.17, 15) is 62.6 Å². The Kier molecular flexibility index (Phi) is 13.2. The van der Waals surface area contributed by atoms with Gasteiger partial charge in [-0.1, -0.05) is 48.5 Å². The maximum atomic E-state index is 15.4. The number of carbonyl (C=O) groups is 1. The quantitative estimate of drug-likeness (QED) is 0.0546. The molecular formula is C42H16BF20NO2. The van der Waals surface area contributed by atoms with E-state index in [4.69, 9.17) is 0 Å². The first kappa shape index (κ1) is 48.3. The second-order valence-electron chi connectivity index (χ2n) is 13.8. The molecule has 7 aromatic rings. The zero-order valence-corrected chi connectivity index (χ0v) is 31.7. The molecule has 0 saturated carbocycles. The van der Waals surface area contributed by atoms with Crippen molar-refractivity contribution >= 4 is 44.7 Å². The smallest absolute Gasteiger partial charge is 0.314 e. The van der Waals surface area contributed by atoms with E-state index in [0.29, 0.717) is 6.54 Å². The molecule has 344 valence electrons. The zero-order chi connectivity index (χ0) is 49.0. The highest BCUT2D eigenvalue weighted by Gasteiger charge is 2.52. The van der Waals surface area contributed by atoms with Crippen LogP contribution in [0, 0.1) is 116 Å². The highest BCUT2D eigenvalue weighted by molar-refractivity contribution is 7.20. The Balaban J connectivity index is 0.000000284. The van der Waals surface area contributed by atoms with E-state index in [2.05, 4.69) is 0 Å². The van der Waals surface area contributed by atoms with Crippen LogP contribution in [-0.4, -0.2) is 17.2 Å². The summed E-state index contributed by atoms with van der Waals surface area (Å²) in [5.74, 6) is -72.2.